The first-order chi connectivity index (χ1) is 10.9. The lowest BCUT2D eigenvalue weighted by atomic mass is 10.1. The molecule has 23 heavy (non-hydrogen) atoms. The predicted molar refractivity (Wildman–Crippen MR) is 87.4 cm³/mol. The van der Waals surface area contributed by atoms with Crippen molar-refractivity contribution in [2.24, 2.45) is 7.05 Å². The molecule has 0 aliphatic rings. The van der Waals surface area contributed by atoms with E-state index in [1.165, 1.54) is 10.9 Å². The Bertz CT molecular complexity index is 775. The first-order valence-electron chi connectivity index (χ1n) is 7.72. The molecule has 1 N–H and O–H groups in total. The van der Waals surface area contributed by atoms with Gasteiger partial charge >= 0.3 is 0 Å². The van der Waals surface area contributed by atoms with Crippen LogP contribution in [0.4, 0.5) is 0 Å². The van der Waals surface area contributed by atoms with Crippen molar-refractivity contribution < 1.29 is 4.79 Å². The number of hydrogen-bond donors (Lipinski definition) is 1. The van der Waals surface area contributed by atoms with Crippen molar-refractivity contribution in [3.8, 4) is 0 Å². The second-order valence-corrected chi connectivity index (χ2v) is 5.74. The molecular weight excluding hydrogens is 294 g/mol. The first-order valence-corrected chi connectivity index (χ1v) is 7.72. The highest BCUT2D eigenvalue weighted by atomic mass is 16.2. The van der Waals surface area contributed by atoms with E-state index in [1.54, 1.807) is 18.7 Å². The summed E-state index contributed by atoms with van der Waals surface area (Å²) in [5.41, 5.74) is 1.37. The summed E-state index contributed by atoms with van der Waals surface area (Å²) in [6.07, 6.45) is 2.40. The van der Waals surface area contributed by atoms with Crippen LogP contribution in [-0.2, 0) is 13.6 Å². The second-order valence-electron chi connectivity index (χ2n) is 5.74. The van der Waals surface area contributed by atoms with Crippen LogP contribution in [-0.4, -0.2) is 25.2 Å². The zero-order chi connectivity index (χ0) is 17.1. The Balaban J connectivity index is 2.27. The molecule has 0 fully saturated rings. The van der Waals surface area contributed by atoms with E-state index in [4.69, 9.17) is 0 Å². The van der Waals surface area contributed by atoms with Crippen molar-refractivity contribution in [3.63, 3.8) is 0 Å². The molecular formula is C16H23N5O2. The van der Waals surface area contributed by atoms with E-state index in [2.05, 4.69) is 15.4 Å². The van der Waals surface area contributed by atoms with Gasteiger partial charge in [0.15, 0.2) is 0 Å². The van der Waals surface area contributed by atoms with Gasteiger partial charge < -0.3 is 9.88 Å². The molecule has 2 aromatic rings. The van der Waals surface area contributed by atoms with Crippen molar-refractivity contribution in [3.05, 3.63) is 45.4 Å². The zero-order valence-corrected chi connectivity index (χ0v) is 14.3. The molecule has 1 atom stereocenters. The molecule has 1 amide bonds. The Morgan fingerprint density at radius 2 is 2.09 bits per heavy atom. The number of pyridine rings is 1. The Labute approximate surface area is 135 Å². The van der Waals surface area contributed by atoms with E-state index in [0.29, 0.717) is 11.4 Å². The number of hydrogen-bond acceptors (Lipinski definition) is 4. The molecule has 2 aromatic heterocycles. The standard InChI is InChI=1S/C16H23N5O2/c1-6-7-21-14(17-9-18-21)12(4)19-15(22)13-10(2)8-11(3)20(5)16(13)23/h8-9,12H,6-7H2,1-5H3,(H,19,22). The van der Waals surface area contributed by atoms with Crippen LogP contribution in [0.15, 0.2) is 17.2 Å². The Morgan fingerprint density at radius 3 is 2.74 bits per heavy atom. The topological polar surface area (TPSA) is 81.8 Å². The molecule has 7 nitrogen and oxygen atoms in total. The number of aryl methyl sites for hydroxylation is 3. The number of nitrogens with one attached hydrogen (secondary N) is 1. The summed E-state index contributed by atoms with van der Waals surface area (Å²) in [4.78, 5) is 29.1. The van der Waals surface area contributed by atoms with Gasteiger partial charge in [0.05, 0.1) is 6.04 Å². The normalized spacial score (nSPS) is 12.2. The number of carbonyl (C=O) groups excluding carboxylic acids is 1. The summed E-state index contributed by atoms with van der Waals surface area (Å²) in [5, 5.41) is 7.01. The molecule has 0 saturated carbocycles. The Kier molecular flexibility index (Phi) is 4.98. The summed E-state index contributed by atoms with van der Waals surface area (Å²) in [6.45, 7) is 8.23. The largest absolute Gasteiger partial charge is 0.342 e. The average molecular weight is 317 g/mol. The van der Waals surface area contributed by atoms with Gasteiger partial charge in [0.1, 0.15) is 17.7 Å². The van der Waals surface area contributed by atoms with Crippen molar-refractivity contribution in [1.82, 2.24) is 24.6 Å². The van der Waals surface area contributed by atoms with Crippen LogP contribution in [0.3, 0.4) is 0 Å². The summed E-state index contributed by atoms with van der Waals surface area (Å²) in [5.74, 6) is 0.295. The van der Waals surface area contributed by atoms with Gasteiger partial charge in [0, 0.05) is 19.3 Å². The van der Waals surface area contributed by atoms with Gasteiger partial charge in [-0.2, -0.15) is 5.10 Å². The third-order valence-electron chi connectivity index (χ3n) is 3.91. The molecule has 2 rings (SSSR count). The highest BCUT2D eigenvalue weighted by molar-refractivity contribution is 5.95. The summed E-state index contributed by atoms with van der Waals surface area (Å²) >= 11 is 0. The summed E-state index contributed by atoms with van der Waals surface area (Å²) < 4.78 is 3.25. The lowest BCUT2D eigenvalue weighted by Crippen LogP contribution is -2.36. The molecule has 0 aliphatic heterocycles. The van der Waals surface area contributed by atoms with E-state index in [-0.39, 0.29) is 23.1 Å². The van der Waals surface area contributed by atoms with Gasteiger partial charge in [0.25, 0.3) is 11.5 Å². The van der Waals surface area contributed by atoms with Gasteiger partial charge in [-0.05, 0) is 38.8 Å². The fraction of sp³-hybridized carbons (Fsp3) is 0.500. The van der Waals surface area contributed by atoms with E-state index < -0.39 is 0 Å². The quantitative estimate of drug-likeness (QED) is 0.906. The van der Waals surface area contributed by atoms with E-state index in [1.807, 2.05) is 26.8 Å². The molecule has 2 heterocycles. The number of carbonyl (C=O) groups is 1. The lowest BCUT2D eigenvalue weighted by Gasteiger charge is -2.16. The molecule has 1 unspecified atom stereocenters. The van der Waals surface area contributed by atoms with Gasteiger partial charge in [0.2, 0.25) is 0 Å². The van der Waals surface area contributed by atoms with E-state index in [9.17, 15) is 9.59 Å². The number of aromatic nitrogens is 4. The smallest absolute Gasteiger partial charge is 0.263 e. The maximum Gasteiger partial charge on any atom is 0.263 e. The molecule has 7 heteroatoms. The fourth-order valence-corrected chi connectivity index (χ4v) is 2.58. The van der Waals surface area contributed by atoms with Crippen LogP contribution in [0, 0.1) is 13.8 Å². The first kappa shape index (κ1) is 16.9. The Morgan fingerprint density at radius 1 is 1.39 bits per heavy atom. The van der Waals surface area contributed by atoms with Crippen molar-refractivity contribution >= 4 is 5.91 Å². The van der Waals surface area contributed by atoms with Crippen LogP contribution in [0.1, 0.15) is 53.7 Å². The van der Waals surface area contributed by atoms with Crippen LogP contribution < -0.4 is 10.9 Å². The summed E-state index contributed by atoms with van der Waals surface area (Å²) in [7, 11) is 1.66. The molecule has 0 radical (unpaired) electrons. The minimum atomic E-state index is -0.387. The Hall–Kier alpha value is -2.44. The third kappa shape index (κ3) is 3.33. The number of amides is 1. The average Bonchev–Trinajstić information content (AvgIpc) is 2.93. The monoisotopic (exact) mass is 317 g/mol. The molecule has 0 aliphatic carbocycles. The summed E-state index contributed by atoms with van der Waals surface area (Å²) in [6, 6.07) is 1.50. The van der Waals surface area contributed by atoms with Gasteiger partial charge in [-0.3, -0.25) is 9.59 Å². The van der Waals surface area contributed by atoms with Crippen LogP contribution >= 0.6 is 0 Å². The minimum absolute atomic E-state index is 0.173. The molecule has 124 valence electrons. The van der Waals surface area contributed by atoms with Crippen molar-refractivity contribution in [2.45, 2.75) is 46.7 Å². The fourth-order valence-electron chi connectivity index (χ4n) is 2.58. The molecule has 0 aromatic carbocycles. The van der Waals surface area contributed by atoms with Crippen molar-refractivity contribution in [1.29, 1.82) is 0 Å². The SMILES string of the molecule is CCCn1ncnc1C(C)NC(=O)c1c(C)cc(C)n(C)c1=O. The lowest BCUT2D eigenvalue weighted by molar-refractivity contribution is 0.0934. The number of rotatable bonds is 5. The molecule has 0 saturated heterocycles. The van der Waals surface area contributed by atoms with Gasteiger partial charge in [-0.15, -0.1) is 0 Å². The van der Waals surface area contributed by atoms with Crippen LogP contribution in [0.5, 0.6) is 0 Å². The van der Waals surface area contributed by atoms with Gasteiger partial charge in [-0.1, -0.05) is 6.92 Å². The predicted octanol–water partition coefficient (Wildman–Crippen LogP) is 1.49. The number of nitrogens with zero attached hydrogens (tertiary/aromatic N) is 4. The van der Waals surface area contributed by atoms with E-state index in [0.717, 1.165) is 18.7 Å². The van der Waals surface area contributed by atoms with Crippen molar-refractivity contribution in [2.75, 3.05) is 0 Å². The maximum atomic E-state index is 12.5. The van der Waals surface area contributed by atoms with E-state index >= 15 is 0 Å². The van der Waals surface area contributed by atoms with Gasteiger partial charge in [-0.25, -0.2) is 9.67 Å². The molecule has 0 spiro atoms. The van der Waals surface area contributed by atoms with Crippen LogP contribution in [0.2, 0.25) is 0 Å². The minimum Gasteiger partial charge on any atom is -0.342 e. The third-order valence-corrected chi connectivity index (χ3v) is 3.91. The highest BCUT2D eigenvalue weighted by Crippen LogP contribution is 2.11. The highest BCUT2D eigenvalue weighted by Gasteiger charge is 2.21. The second kappa shape index (κ2) is 6.76. The maximum absolute atomic E-state index is 12.5. The zero-order valence-electron chi connectivity index (χ0n) is 14.3. The van der Waals surface area contributed by atoms with Crippen LogP contribution in [0.25, 0.3) is 0 Å². The molecule has 0 bridgehead atoms.